The third-order valence-corrected chi connectivity index (χ3v) is 5.74. The van der Waals surface area contributed by atoms with Crippen molar-refractivity contribution in [2.75, 3.05) is 31.1 Å². The number of hydrogen-bond donors (Lipinski definition) is 0. The summed E-state index contributed by atoms with van der Waals surface area (Å²) in [6, 6.07) is 7.25. The highest BCUT2D eigenvalue weighted by Gasteiger charge is 2.23. The predicted molar refractivity (Wildman–Crippen MR) is 88.8 cm³/mol. The number of benzene rings is 1. The largest absolute Gasteiger partial charge is 0.372 e. The molecule has 2 nitrogen and oxygen atoms in total. The third kappa shape index (κ3) is 2.96. The minimum atomic E-state index is 0.982. The summed E-state index contributed by atoms with van der Waals surface area (Å²) in [6.45, 7) is 6.31. The zero-order valence-corrected chi connectivity index (χ0v) is 13.2. The molecule has 1 aromatic carbocycles. The van der Waals surface area contributed by atoms with Gasteiger partial charge in [-0.15, -0.1) is 0 Å². The molecule has 1 saturated carbocycles. The first-order valence-corrected chi connectivity index (χ1v) is 8.97. The van der Waals surface area contributed by atoms with Crippen LogP contribution in [0.4, 0.5) is 5.69 Å². The molecule has 2 heteroatoms. The quantitative estimate of drug-likeness (QED) is 0.832. The van der Waals surface area contributed by atoms with Crippen LogP contribution in [-0.4, -0.2) is 31.1 Å². The van der Waals surface area contributed by atoms with E-state index in [0.29, 0.717) is 0 Å². The summed E-state index contributed by atoms with van der Waals surface area (Å²) in [4.78, 5) is 5.26. The Labute approximate surface area is 129 Å². The van der Waals surface area contributed by atoms with Gasteiger partial charge >= 0.3 is 0 Å². The van der Waals surface area contributed by atoms with E-state index < -0.39 is 0 Å². The second-order valence-electron chi connectivity index (χ2n) is 7.28. The molecule has 2 fully saturated rings. The first-order chi connectivity index (χ1) is 10.4. The highest BCUT2D eigenvalue weighted by Crippen LogP contribution is 2.30. The predicted octanol–water partition coefficient (Wildman–Crippen LogP) is 3.84. The van der Waals surface area contributed by atoms with Crippen LogP contribution < -0.4 is 4.90 Å². The van der Waals surface area contributed by atoms with E-state index in [4.69, 9.17) is 0 Å². The number of nitrogens with zero attached hydrogens (tertiary/aromatic N) is 2. The number of rotatable bonds is 3. The second kappa shape index (κ2) is 6.00. The topological polar surface area (TPSA) is 6.48 Å². The molecule has 2 aliphatic heterocycles. The van der Waals surface area contributed by atoms with E-state index in [-0.39, 0.29) is 0 Å². The van der Waals surface area contributed by atoms with Gasteiger partial charge in [0.15, 0.2) is 0 Å². The first-order valence-electron chi connectivity index (χ1n) is 8.97. The molecule has 0 aromatic heterocycles. The molecule has 1 aliphatic carbocycles. The van der Waals surface area contributed by atoms with E-state index in [1.54, 1.807) is 11.1 Å². The van der Waals surface area contributed by atoms with Crippen LogP contribution in [0.1, 0.15) is 49.7 Å². The summed E-state index contributed by atoms with van der Waals surface area (Å²) in [5.74, 6) is 0.982. The fraction of sp³-hybridized carbons (Fsp3) is 0.684. The average molecular weight is 284 g/mol. The second-order valence-corrected chi connectivity index (χ2v) is 7.28. The molecule has 1 saturated heterocycles. The maximum absolute atomic E-state index is 2.70. The third-order valence-electron chi connectivity index (χ3n) is 5.74. The van der Waals surface area contributed by atoms with Crippen LogP contribution in [-0.2, 0) is 13.0 Å². The summed E-state index contributed by atoms with van der Waals surface area (Å²) < 4.78 is 0. The van der Waals surface area contributed by atoms with Gasteiger partial charge in [-0.25, -0.2) is 0 Å². The molecule has 3 aliphatic rings. The van der Waals surface area contributed by atoms with Crippen LogP contribution in [0.3, 0.4) is 0 Å². The Morgan fingerprint density at radius 2 is 1.71 bits per heavy atom. The Morgan fingerprint density at radius 1 is 0.905 bits per heavy atom. The van der Waals surface area contributed by atoms with E-state index in [1.807, 2.05) is 0 Å². The Hall–Kier alpha value is -1.02. The fourth-order valence-electron chi connectivity index (χ4n) is 4.48. The van der Waals surface area contributed by atoms with Crippen molar-refractivity contribution in [2.24, 2.45) is 5.92 Å². The molecule has 0 N–H and O–H groups in total. The summed E-state index contributed by atoms with van der Waals surface area (Å²) in [6.07, 6.45) is 9.86. The number of hydrogen-bond acceptors (Lipinski definition) is 2. The van der Waals surface area contributed by atoms with E-state index in [1.165, 1.54) is 83.4 Å². The van der Waals surface area contributed by atoms with E-state index in [0.717, 1.165) is 5.92 Å². The van der Waals surface area contributed by atoms with Gasteiger partial charge in [-0.2, -0.15) is 0 Å². The van der Waals surface area contributed by atoms with E-state index in [9.17, 15) is 0 Å². The zero-order valence-electron chi connectivity index (χ0n) is 13.2. The summed E-state index contributed by atoms with van der Waals surface area (Å²) in [5.41, 5.74) is 4.67. The Balaban J connectivity index is 1.43. The summed E-state index contributed by atoms with van der Waals surface area (Å²) in [7, 11) is 0. The van der Waals surface area contributed by atoms with Crippen LogP contribution in [0.2, 0.25) is 0 Å². The monoisotopic (exact) mass is 284 g/mol. The average Bonchev–Trinajstić information content (AvgIpc) is 3.20. The van der Waals surface area contributed by atoms with Crippen LogP contribution in [0.25, 0.3) is 0 Å². The van der Waals surface area contributed by atoms with Crippen LogP contribution in [0.5, 0.6) is 0 Å². The molecule has 1 aromatic rings. The number of fused-ring (bicyclic) bond motifs is 1. The normalized spacial score (nSPS) is 23.7. The molecule has 21 heavy (non-hydrogen) atoms. The molecule has 114 valence electrons. The van der Waals surface area contributed by atoms with Crippen molar-refractivity contribution in [3.63, 3.8) is 0 Å². The van der Waals surface area contributed by atoms with Gasteiger partial charge in [0.05, 0.1) is 0 Å². The van der Waals surface area contributed by atoms with Crippen molar-refractivity contribution in [1.82, 2.24) is 4.90 Å². The lowest BCUT2D eigenvalue weighted by molar-refractivity contribution is 0.215. The molecule has 0 unspecified atom stereocenters. The highest BCUT2D eigenvalue weighted by atomic mass is 15.1. The Kier molecular flexibility index (Phi) is 3.89. The summed E-state index contributed by atoms with van der Waals surface area (Å²) >= 11 is 0. The van der Waals surface area contributed by atoms with Gasteiger partial charge in [0, 0.05) is 38.4 Å². The molecule has 2 heterocycles. The number of anilines is 1. The van der Waals surface area contributed by atoms with Crippen LogP contribution >= 0.6 is 0 Å². The first kappa shape index (κ1) is 13.6. The standard InChI is InChI=1S/C19H28N2/c1-2-6-16(5-1)14-20-12-9-17-13-19(8-7-18(17)15-20)21-10-3-4-11-21/h7-8,13,16H,1-6,9-12,14-15H2. The van der Waals surface area contributed by atoms with Gasteiger partial charge in [-0.1, -0.05) is 18.9 Å². The van der Waals surface area contributed by atoms with Crippen molar-refractivity contribution in [2.45, 2.75) is 51.5 Å². The molecular formula is C19H28N2. The van der Waals surface area contributed by atoms with Crippen molar-refractivity contribution in [1.29, 1.82) is 0 Å². The van der Waals surface area contributed by atoms with Crippen LogP contribution in [0.15, 0.2) is 18.2 Å². The SMILES string of the molecule is c1cc2c(cc1N1CCCC1)CCN(CC1CCCC1)C2. The molecule has 0 amide bonds. The molecular weight excluding hydrogens is 256 g/mol. The van der Waals surface area contributed by atoms with Crippen molar-refractivity contribution < 1.29 is 0 Å². The lowest BCUT2D eigenvalue weighted by Gasteiger charge is -2.31. The minimum Gasteiger partial charge on any atom is -0.372 e. The van der Waals surface area contributed by atoms with Gasteiger partial charge in [-0.05, 0) is 61.3 Å². The molecule has 0 bridgehead atoms. The fourth-order valence-corrected chi connectivity index (χ4v) is 4.48. The van der Waals surface area contributed by atoms with Crippen LogP contribution in [0, 0.1) is 5.92 Å². The maximum Gasteiger partial charge on any atom is 0.0369 e. The lowest BCUT2D eigenvalue weighted by atomic mass is 9.97. The smallest absolute Gasteiger partial charge is 0.0369 e. The van der Waals surface area contributed by atoms with E-state index in [2.05, 4.69) is 28.0 Å². The lowest BCUT2D eigenvalue weighted by Crippen LogP contribution is -2.34. The molecule has 0 atom stereocenters. The van der Waals surface area contributed by atoms with Crippen molar-refractivity contribution >= 4 is 5.69 Å². The zero-order chi connectivity index (χ0) is 14.1. The Bertz CT molecular complexity index is 484. The van der Waals surface area contributed by atoms with Crippen molar-refractivity contribution in [3.8, 4) is 0 Å². The van der Waals surface area contributed by atoms with Gasteiger partial charge in [0.2, 0.25) is 0 Å². The Morgan fingerprint density at radius 3 is 2.52 bits per heavy atom. The van der Waals surface area contributed by atoms with Gasteiger partial charge in [-0.3, -0.25) is 4.90 Å². The van der Waals surface area contributed by atoms with Gasteiger partial charge < -0.3 is 4.90 Å². The molecule has 4 rings (SSSR count). The highest BCUT2D eigenvalue weighted by molar-refractivity contribution is 5.52. The van der Waals surface area contributed by atoms with E-state index >= 15 is 0 Å². The maximum atomic E-state index is 2.70. The molecule has 0 radical (unpaired) electrons. The molecule has 0 spiro atoms. The minimum absolute atomic E-state index is 0.982. The van der Waals surface area contributed by atoms with Gasteiger partial charge in [0.1, 0.15) is 0 Å². The summed E-state index contributed by atoms with van der Waals surface area (Å²) in [5, 5.41) is 0. The van der Waals surface area contributed by atoms with Crippen molar-refractivity contribution in [3.05, 3.63) is 29.3 Å². The van der Waals surface area contributed by atoms with Gasteiger partial charge in [0.25, 0.3) is 0 Å².